The van der Waals surface area contributed by atoms with Gasteiger partial charge in [0.25, 0.3) is 0 Å². The van der Waals surface area contributed by atoms with E-state index in [1.165, 1.54) is 0 Å². The molecule has 0 amide bonds. The molecule has 1 N–H and O–H groups in total. The first-order chi connectivity index (χ1) is 9.61. The molecule has 20 heavy (non-hydrogen) atoms. The van der Waals surface area contributed by atoms with Gasteiger partial charge in [-0.1, -0.05) is 31.2 Å². The van der Waals surface area contributed by atoms with Crippen molar-refractivity contribution in [3.63, 3.8) is 0 Å². The van der Waals surface area contributed by atoms with Crippen LogP contribution in [0.1, 0.15) is 39.0 Å². The van der Waals surface area contributed by atoms with E-state index in [1.807, 2.05) is 0 Å². The molecule has 5 atom stereocenters. The minimum atomic E-state index is -0.0762. The van der Waals surface area contributed by atoms with Gasteiger partial charge in [-0.3, -0.25) is 4.79 Å². The second-order valence-corrected chi connectivity index (χ2v) is 7.18. The summed E-state index contributed by atoms with van der Waals surface area (Å²) in [6.07, 6.45) is 13.5. The van der Waals surface area contributed by atoms with E-state index in [-0.39, 0.29) is 5.41 Å². The van der Waals surface area contributed by atoms with E-state index in [9.17, 15) is 9.90 Å². The molecule has 0 aromatic rings. The van der Waals surface area contributed by atoms with Crippen molar-refractivity contribution in [2.24, 2.45) is 29.1 Å². The Bertz CT molecular complexity index is 554. The molecule has 2 nitrogen and oxygen atoms in total. The highest BCUT2D eigenvalue weighted by molar-refractivity contribution is 5.87. The average Bonchev–Trinajstić information content (AvgIpc) is 2.75. The lowest BCUT2D eigenvalue weighted by Gasteiger charge is -2.49. The quantitative estimate of drug-likeness (QED) is 0.677. The number of rotatable bonds is 0. The Morgan fingerprint density at radius 3 is 3.00 bits per heavy atom. The zero-order chi connectivity index (χ0) is 13.9. The number of aliphatic hydroxyl groups is 1. The lowest BCUT2D eigenvalue weighted by atomic mass is 9.55. The van der Waals surface area contributed by atoms with Crippen LogP contribution in [0.4, 0.5) is 0 Å². The van der Waals surface area contributed by atoms with Crippen LogP contribution in [0, 0.1) is 29.1 Å². The van der Waals surface area contributed by atoms with E-state index >= 15 is 0 Å². The van der Waals surface area contributed by atoms with Crippen molar-refractivity contribution < 1.29 is 9.90 Å². The molecule has 4 aliphatic carbocycles. The molecule has 0 aliphatic heterocycles. The highest BCUT2D eigenvalue weighted by Crippen LogP contribution is 2.58. The zero-order valence-electron chi connectivity index (χ0n) is 12.0. The highest BCUT2D eigenvalue weighted by atomic mass is 16.3. The molecule has 106 valence electrons. The van der Waals surface area contributed by atoms with Crippen molar-refractivity contribution >= 4 is 5.78 Å². The monoisotopic (exact) mass is 270 g/mol. The van der Waals surface area contributed by atoms with Crippen LogP contribution in [-0.2, 0) is 4.79 Å². The van der Waals surface area contributed by atoms with E-state index in [2.05, 4.69) is 31.2 Å². The van der Waals surface area contributed by atoms with Gasteiger partial charge in [-0.15, -0.1) is 0 Å². The smallest absolute Gasteiger partial charge is 0.139 e. The summed E-state index contributed by atoms with van der Waals surface area (Å²) < 4.78 is 0. The summed E-state index contributed by atoms with van der Waals surface area (Å²) in [6, 6.07) is 0. The van der Waals surface area contributed by atoms with E-state index in [1.54, 1.807) is 0 Å². The van der Waals surface area contributed by atoms with Gasteiger partial charge in [-0.2, -0.15) is 0 Å². The van der Waals surface area contributed by atoms with Crippen LogP contribution < -0.4 is 0 Å². The molecule has 2 fully saturated rings. The van der Waals surface area contributed by atoms with Crippen molar-refractivity contribution in [1.82, 2.24) is 0 Å². The Morgan fingerprint density at radius 2 is 2.15 bits per heavy atom. The van der Waals surface area contributed by atoms with Crippen LogP contribution in [0.25, 0.3) is 0 Å². The summed E-state index contributed by atoms with van der Waals surface area (Å²) >= 11 is 0. The molecule has 0 spiro atoms. The lowest BCUT2D eigenvalue weighted by Crippen LogP contribution is -2.44. The summed E-state index contributed by atoms with van der Waals surface area (Å²) in [5, 5.41) is 10.1. The highest BCUT2D eigenvalue weighted by Gasteiger charge is 2.55. The van der Waals surface area contributed by atoms with Crippen molar-refractivity contribution in [2.75, 3.05) is 0 Å². The summed E-state index contributed by atoms with van der Waals surface area (Å²) in [7, 11) is 0. The Balaban J connectivity index is 1.74. The third-order valence-electron chi connectivity index (χ3n) is 6.40. The van der Waals surface area contributed by atoms with E-state index < -0.39 is 0 Å². The summed E-state index contributed by atoms with van der Waals surface area (Å²) in [5.41, 5.74) is 1.05. The molecule has 2 saturated carbocycles. The van der Waals surface area contributed by atoms with E-state index in [0.717, 1.165) is 31.3 Å². The molecule has 0 bridgehead atoms. The molecule has 4 rings (SSSR count). The Hall–Kier alpha value is -1.31. The lowest BCUT2D eigenvalue weighted by molar-refractivity contribution is -0.129. The maximum atomic E-state index is 12.3. The van der Waals surface area contributed by atoms with Crippen LogP contribution in [0.15, 0.2) is 35.6 Å². The molecular formula is C18H22O2. The maximum absolute atomic E-state index is 12.3. The Labute approximate surface area is 120 Å². The van der Waals surface area contributed by atoms with Gasteiger partial charge >= 0.3 is 0 Å². The van der Waals surface area contributed by atoms with Gasteiger partial charge in [0.05, 0.1) is 5.76 Å². The van der Waals surface area contributed by atoms with Gasteiger partial charge < -0.3 is 5.11 Å². The van der Waals surface area contributed by atoms with E-state index in [4.69, 9.17) is 0 Å². The number of aliphatic hydroxyl groups excluding tert-OH is 1. The average molecular weight is 270 g/mol. The standard InChI is InChI=1S/C18H22O2/c1-18-10-9-12-11-3-2-4-16(19)14(11)6-5-13(12)15(18)7-8-17(18)20/h2-3,5-6,11-13,15,19H,4,7-10H2,1H3/t11-,12-,13-,15+,18+/m1/s1. The molecule has 0 saturated heterocycles. The first-order valence-corrected chi connectivity index (χ1v) is 7.91. The van der Waals surface area contributed by atoms with Crippen molar-refractivity contribution in [3.05, 3.63) is 35.6 Å². The minimum Gasteiger partial charge on any atom is -0.512 e. The number of ketones is 1. The zero-order valence-corrected chi connectivity index (χ0v) is 12.0. The number of Topliss-reactive ketones (excluding diaryl/α,β-unsaturated/α-hetero) is 1. The SMILES string of the molecule is C[C@]12CC[C@H]3[C@@H](C=CC4=C(O)CC=C[C@@H]43)[C@@H]1CCC2=O. The van der Waals surface area contributed by atoms with Crippen molar-refractivity contribution in [2.45, 2.75) is 39.0 Å². The summed E-state index contributed by atoms with van der Waals surface area (Å²) in [6.45, 7) is 2.19. The predicted octanol–water partition coefficient (Wildman–Crippen LogP) is 3.96. The molecule has 0 heterocycles. The molecule has 0 unspecified atom stereocenters. The van der Waals surface area contributed by atoms with E-state index in [0.29, 0.717) is 41.6 Å². The van der Waals surface area contributed by atoms with Gasteiger partial charge in [0.2, 0.25) is 0 Å². The van der Waals surface area contributed by atoms with Crippen LogP contribution in [0.3, 0.4) is 0 Å². The van der Waals surface area contributed by atoms with Crippen LogP contribution in [0.2, 0.25) is 0 Å². The Kier molecular flexibility index (Phi) is 2.55. The first-order valence-electron chi connectivity index (χ1n) is 7.91. The number of hydrogen-bond acceptors (Lipinski definition) is 2. The fourth-order valence-electron chi connectivity index (χ4n) is 5.23. The van der Waals surface area contributed by atoms with Crippen LogP contribution >= 0.6 is 0 Å². The van der Waals surface area contributed by atoms with Crippen molar-refractivity contribution in [1.29, 1.82) is 0 Å². The van der Waals surface area contributed by atoms with Gasteiger partial charge in [0.1, 0.15) is 5.78 Å². The third-order valence-corrected chi connectivity index (χ3v) is 6.40. The number of fused-ring (bicyclic) bond motifs is 5. The van der Waals surface area contributed by atoms with Gasteiger partial charge in [0.15, 0.2) is 0 Å². The predicted molar refractivity (Wildman–Crippen MR) is 78.1 cm³/mol. The molecule has 0 aromatic carbocycles. The number of hydrogen-bond donors (Lipinski definition) is 1. The molecule has 0 radical (unpaired) electrons. The van der Waals surface area contributed by atoms with Crippen LogP contribution in [-0.4, -0.2) is 10.9 Å². The first kappa shape index (κ1) is 12.4. The Morgan fingerprint density at radius 1 is 1.30 bits per heavy atom. The topological polar surface area (TPSA) is 37.3 Å². The number of carbonyl (C=O) groups is 1. The largest absolute Gasteiger partial charge is 0.512 e. The van der Waals surface area contributed by atoms with Crippen LogP contribution in [0.5, 0.6) is 0 Å². The normalized spacial score (nSPS) is 46.1. The van der Waals surface area contributed by atoms with Gasteiger partial charge in [-0.05, 0) is 42.6 Å². The molecule has 0 aromatic heterocycles. The fraction of sp³-hybridized carbons (Fsp3) is 0.611. The van der Waals surface area contributed by atoms with Crippen molar-refractivity contribution in [3.8, 4) is 0 Å². The van der Waals surface area contributed by atoms with Gasteiger partial charge in [0, 0.05) is 24.2 Å². The summed E-state index contributed by atoms with van der Waals surface area (Å²) in [5.74, 6) is 3.02. The molecular weight excluding hydrogens is 248 g/mol. The molecule has 4 aliphatic rings. The third kappa shape index (κ3) is 1.48. The minimum absolute atomic E-state index is 0.0762. The maximum Gasteiger partial charge on any atom is 0.139 e. The summed E-state index contributed by atoms with van der Waals surface area (Å²) in [4.78, 5) is 12.3. The molecule has 2 heteroatoms. The fourth-order valence-corrected chi connectivity index (χ4v) is 5.23. The second-order valence-electron chi connectivity index (χ2n) is 7.18. The number of carbonyl (C=O) groups excluding carboxylic acids is 1. The van der Waals surface area contributed by atoms with Gasteiger partial charge in [-0.25, -0.2) is 0 Å². The number of allylic oxidation sites excluding steroid dienone is 5. The second kappa shape index (κ2) is 4.09.